The largest absolute Gasteiger partial charge is 0.325 e. The van der Waals surface area contributed by atoms with Gasteiger partial charge in [-0.05, 0) is 19.8 Å². The van der Waals surface area contributed by atoms with E-state index in [0.29, 0.717) is 13.1 Å². The molecule has 2 nitrogen and oxygen atoms in total. The van der Waals surface area contributed by atoms with Gasteiger partial charge < -0.3 is 5.73 Å². The zero-order valence-electron chi connectivity index (χ0n) is 5.73. The lowest BCUT2D eigenvalue weighted by Crippen LogP contribution is -2.45. The monoisotopic (exact) mass is 132 g/mol. The summed E-state index contributed by atoms with van der Waals surface area (Å²) < 4.78 is 12.3. The Bertz CT molecular complexity index is 93.2. The molecule has 54 valence electrons. The summed E-state index contributed by atoms with van der Waals surface area (Å²) in [6.45, 7) is 2.96. The molecule has 0 radical (unpaired) electrons. The molecule has 0 saturated carbocycles. The van der Waals surface area contributed by atoms with Gasteiger partial charge in [-0.3, -0.25) is 0 Å². The van der Waals surface area contributed by atoms with Crippen molar-refractivity contribution in [2.24, 2.45) is 5.73 Å². The quantitative estimate of drug-likeness (QED) is 0.491. The SMILES string of the molecule is CC1(N)CCN(F)CC1. The molecule has 1 heterocycles. The highest BCUT2D eigenvalue weighted by molar-refractivity contribution is 4.83. The molecule has 1 aliphatic heterocycles. The number of hydrogen-bond acceptors (Lipinski definition) is 2. The van der Waals surface area contributed by atoms with Crippen LogP contribution in [0.1, 0.15) is 19.8 Å². The number of nitrogens with zero attached hydrogens (tertiary/aromatic N) is 1. The lowest BCUT2D eigenvalue weighted by atomic mass is 9.92. The van der Waals surface area contributed by atoms with Crippen molar-refractivity contribution < 1.29 is 4.48 Å². The molecule has 0 unspecified atom stereocenters. The second kappa shape index (κ2) is 2.23. The molecular formula is C6H13FN2. The molecule has 0 atom stereocenters. The number of rotatable bonds is 0. The van der Waals surface area contributed by atoms with E-state index < -0.39 is 0 Å². The minimum atomic E-state index is -0.122. The van der Waals surface area contributed by atoms with Crippen molar-refractivity contribution >= 4 is 0 Å². The Balaban J connectivity index is 2.35. The molecule has 0 amide bonds. The van der Waals surface area contributed by atoms with E-state index in [4.69, 9.17) is 5.73 Å². The molecule has 2 N–H and O–H groups in total. The highest BCUT2D eigenvalue weighted by Crippen LogP contribution is 2.18. The highest BCUT2D eigenvalue weighted by atomic mass is 19.2. The van der Waals surface area contributed by atoms with E-state index in [0.717, 1.165) is 18.0 Å². The normalized spacial score (nSPS) is 28.3. The third-order valence-electron chi connectivity index (χ3n) is 1.85. The van der Waals surface area contributed by atoms with Crippen molar-refractivity contribution in [3.8, 4) is 0 Å². The first-order valence-corrected chi connectivity index (χ1v) is 3.30. The van der Waals surface area contributed by atoms with Gasteiger partial charge in [0.2, 0.25) is 0 Å². The van der Waals surface area contributed by atoms with Crippen molar-refractivity contribution in [1.82, 2.24) is 5.12 Å². The van der Waals surface area contributed by atoms with E-state index in [-0.39, 0.29) is 5.54 Å². The van der Waals surface area contributed by atoms with Gasteiger partial charge >= 0.3 is 0 Å². The Morgan fingerprint density at radius 3 is 2.22 bits per heavy atom. The molecule has 0 aromatic carbocycles. The Morgan fingerprint density at radius 1 is 1.44 bits per heavy atom. The lowest BCUT2D eigenvalue weighted by molar-refractivity contribution is -0.0119. The standard InChI is InChI=1S/C6H13FN2/c1-6(8)2-4-9(7)5-3-6/h2-5,8H2,1H3. The number of nitrogens with two attached hydrogens (primary N) is 1. The van der Waals surface area contributed by atoms with Gasteiger partial charge in [0.25, 0.3) is 0 Å². The van der Waals surface area contributed by atoms with Crippen molar-refractivity contribution in [2.45, 2.75) is 25.3 Å². The van der Waals surface area contributed by atoms with Crippen molar-refractivity contribution in [1.29, 1.82) is 0 Å². The molecule has 9 heavy (non-hydrogen) atoms. The van der Waals surface area contributed by atoms with Gasteiger partial charge in [0.05, 0.1) is 0 Å². The van der Waals surface area contributed by atoms with Gasteiger partial charge in [0.1, 0.15) is 0 Å². The molecule has 0 aliphatic carbocycles. The van der Waals surface area contributed by atoms with Crippen LogP contribution in [-0.4, -0.2) is 23.8 Å². The van der Waals surface area contributed by atoms with Gasteiger partial charge in [0, 0.05) is 18.6 Å². The van der Waals surface area contributed by atoms with Crippen LogP contribution in [-0.2, 0) is 0 Å². The molecule has 1 saturated heterocycles. The van der Waals surface area contributed by atoms with E-state index in [1.54, 1.807) is 0 Å². The third kappa shape index (κ3) is 1.91. The zero-order chi connectivity index (χ0) is 6.91. The second-order valence-electron chi connectivity index (χ2n) is 3.06. The first kappa shape index (κ1) is 6.96. The summed E-state index contributed by atoms with van der Waals surface area (Å²) in [6.07, 6.45) is 1.53. The van der Waals surface area contributed by atoms with Crippen molar-refractivity contribution in [3.63, 3.8) is 0 Å². The minimum Gasteiger partial charge on any atom is -0.325 e. The van der Waals surface area contributed by atoms with Crippen LogP contribution in [0.2, 0.25) is 0 Å². The van der Waals surface area contributed by atoms with Gasteiger partial charge in [-0.15, -0.1) is 9.60 Å². The fraction of sp³-hybridized carbons (Fsp3) is 1.00. The van der Waals surface area contributed by atoms with E-state index in [9.17, 15) is 4.48 Å². The van der Waals surface area contributed by atoms with Crippen LogP contribution in [0.15, 0.2) is 0 Å². The minimum absolute atomic E-state index is 0.122. The topological polar surface area (TPSA) is 29.3 Å². The predicted molar refractivity (Wildman–Crippen MR) is 34.5 cm³/mol. The fourth-order valence-electron chi connectivity index (χ4n) is 0.990. The average Bonchev–Trinajstić information content (AvgIpc) is 1.78. The van der Waals surface area contributed by atoms with E-state index in [1.165, 1.54) is 0 Å². The van der Waals surface area contributed by atoms with E-state index in [2.05, 4.69) is 0 Å². The van der Waals surface area contributed by atoms with Crippen LogP contribution in [0.3, 0.4) is 0 Å². The molecule has 0 spiro atoms. The maximum absolute atomic E-state index is 12.3. The van der Waals surface area contributed by atoms with Crippen LogP contribution in [0.4, 0.5) is 4.48 Å². The molecular weight excluding hydrogens is 119 g/mol. The van der Waals surface area contributed by atoms with Gasteiger partial charge in [-0.2, -0.15) is 0 Å². The van der Waals surface area contributed by atoms with Gasteiger partial charge in [-0.1, -0.05) is 0 Å². The zero-order valence-corrected chi connectivity index (χ0v) is 5.73. The number of hydrogen-bond donors (Lipinski definition) is 1. The van der Waals surface area contributed by atoms with Gasteiger partial charge in [0.15, 0.2) is 0 Å². The predicted octanol–water partition coefficient (Wildman–Crippen LogP) is 0.684. The Kier molecular flexibility index (Phi) is 1.73. The van der Waals surface area contributed by atoms with Gasteiger partial charge in [-0.25, -0.2) is 0 Å². The molecule has 3 heteroatoms. The van der Waals surface area contributed by atoms with E-state index in [1.807, 2.05) is 6.92 Å². The summed E-state index contributed by atoms with van der Waals surface area (Å²) in [4.78, 5) is 0. The molecule has 1 aliphatic rings. The Morgan fingerprint density at radius 2 is 1.89 bits per heavy atom. The van der Waals surface area contributed by atoms with E-state index >= 15 is 0 Å². The van der Waals surface area contributed by atoms with Crippen LogP contribution in [0.5, 0.6) is 0 Å². The number of halogens is 1. The maximum Gasteiger partial charge on any atom is 0.0307 e. The van der Waals surface area contributed by atoms with Crippen LogP contribution in [0.25, 0.3) is 0 Å². The second-order valence-corrected chi connectivity index (χ2v) is 3.06. The molecule has 0 aromatic heterocycles. The summed E-state index contributed by atoms with van der Waals surface area (Å²) in [5.74, 6) is 0. The smallest absolute Gasteiger partial charge is 0.0307 e. The maximum atomic E-state index is 12.3. The van der Waals surface area contributed by atoms with Crippen LogP contribution >= 0.6 is 0 Å². The average molecular weight is 132 g/mol. The first-order valence-electron chi connectivity index (χ1n) is 3.30. The summed E-state index contributed by atoms with van der Waals surface area (Å²) in [7, 11) is 0. The summed E-state index contributed by atoms with van der Waals surface area (Å²) in [5.41, 5.74) is 5.62. The summed E-state index contributed by atoms with van der Waals surface area (Å²) >= 11 is 0. The Hall–Kier alpha value is -0.150. The molecule has 0 aromatic rings. The molecule has 0 bridgehead atoms. The summed E-state index contributed by atoms with van der Waals surface area (Å²) in [5, 5.41) is 0.828. The fourth-order valence-corrected chi connectivity index (χ4v) is 0.990. The summed E-state index contributed by atoms with van der Waals surface area (Å²) in [6, 6.07) is 0. The third-order valence-corrected chi connectivity index (χ3v) is 1.85. The molecule has 1 fully saturated rings. The first-order chi connectivity index (χ1) is 4.10. The van der Waals surface area contributed by atoms with Crippen molar-refractivity contribution in [3.05, 3.63) is 0 Å². The van der Waals surface area contributed by atoms with Crippen LogP contribution in [0, 0.1) is 0 Å². The highest BCUT2D eigenvalue weighted by Gasteiger charge is 2.25. The Labute approximate surface area is 54.8 Å². The van der Waals surface area contributed by atoms with Crippen molar-refractivity contribution in [2.75, 3.05) is 13.1 Å². The number of piperidine rings is 1. The van der Waals surface area contributed by atoms with Crippen LogP contribution < -0.4 is 5.73 Å². The lowest BCUT2D eigenvalue weighted by Gasteiger charge is -2.31. The molecule has 1 rings (SSSR count).